The van der Waals surface area contributed by atoms with E-state index in [-0.39, 0.29) is 17.7 Å². The summed E-state index contributed by atoms with van der Waals surface area (Å²) in [5.41, 5.74) is 4.03. The average Bonchev–Trinajstić information content (AvgIpc) is 3.35. The van der Waals surface area contributed by atoms with Gasteiger partial charge in [0.05, 0.1) is 4.88 Å². The highest BCUT2D eigenvalue weighted by molar-refractivity contribution is 7.12. The Morgan fingerprint density at radius 1 is 0.824 bits per heavy atom. The summed E-state index contributed by atoms with van der Waals surface area (Å²) in [5.74, 6) is 0.247. The van der Waals surface area contributed by atoms with Crippen LogP contribution < -0.4 is 0 Å². The third-order valence-electron chi connectivity index (χ3n) is 6.44. The van der Waals surface area contributed by atoms with E-state index in [4.69, 9.17) is 0 Å². The van der Waals surface area contributed by atoms with Crippen molar-refractivity contribution in [1.29, 1.82) is 0 Å². The molecule has 1 aromatic heterocycles. The molecule has 172 valence electrons. The zero-order valence-electron chi connectivity index (χ0n) is 19.0. The highest BCUT2D eigenvalue weighted by Crippen LogP contribution is 2.35. The standard InChI is InChI=1S/C29H28N2O2S/c32-27-14-8-7-13-25(27)26-15-18-34-28(26)29(33)31-17-16-30(20-23-11-5-2-6-12-23)21-24(31)19-22-9-3-1-4-10-22/h1-15,18,24,32H,16-17,19-21H2. The molecule has 0 aliphatic carbocycles. The minimum atomic E-state index is 0.0496. The third kappa shape index (κ3) is 4.91. The second-order valence-electron chi connectivity index (χ2n) is 8.74. The molecule has 0 radical (unpaired) electrons. The summed E-state index contributed by atoms with van der Waals surface area (Å²) < 4.78 is 0. The van der Waals surface area contributed by atoms with E-state index in [1.165, 1.54) is 22.5 Å². The molecule has 1 fully saturated rings. The summed E-state index contributed by atoms with van der Waals surface area (Å²) in [5, 5.41) is 12.3. The van der Waals surface area contributed by atoms with Gasteiger partial charge in [0.2, 0.25) is 0 Å². The van der Waals surface area contributed by atoms with Crippen LogP contribution >= 0.6 is 11.3 Å². The van der Waals surface area contributed by atoms with Crippen LogP contribution in [0.25, 0.3) is 11.1 Å². The quantitative estimate of drug-likeness (QED) is 0.395. The molecule has 0 saturated carbocycles. The molecule has 1 atom stereocenters. The van der Waals surface area contributed by atoms with Crippen molar-refractivity contribution in [2.24, 2.45) is 0 Å². The molecule has 1 saturated heterocycles. The number of phenols is 1. The SMILES string of the molecule is O=C(c1sccc1-c1ccccc1O)N1CCN(Cc2ccccc2)CC1Cc1ccccc1. The van der Waals surface area contributed by atoms with Gasteiger partial charge in [-0.15, -0.1) is 11.3 Å². The summed E-state index contributed by atoms with van der Waals surface area (Å²) in [6.07, 6.45) is 0.815. The molecule has 0 spiro atoms. The van der Waals surface area contributed by atoms with E-state index in [9.17, 15) is 9.90 Å². The fourth-order valence-corrected chi connectivity index (χ4v) is 5.62. The first-order chi connectivity index (χ1) is 16.7. The molecule has 3 aromatic carbocycles. The van der Waals surface area contributed by atoms with E-state index >= 15 is 0 Å². The maximum absolute atomic E-state index is 13.9. The smallest absolute Gasteiger partial charge is 0.264 e. The van der Waals surface area contributed by atoms with Gasteiger partial charge in [0, 0.05) is 43.3 Å². The fourth-order valence-electron chi connectivity index (χ4n) is 4.75. The van der Waals surface area contributed by atoms with E-state index in [1.807, 2.05) is 40.6 Å². The van der Waals surface area contributed by atoms with Gasteiger partial charge in [-0.05, 0) is 35.1 Å². The predicted molar refractivity (Wildman–Crippen MR) is 138 cm³/mol. The Labute approximate surface area is 204 Å². The highest BCUT2D eigenvalue weighted by atomic mass is 32.1. The average molecular weight is 469 g/mol. The van der Waals surface area contributed by atoms with Gasteiger partial charge < -0.3 is 10.0 Å². The van der Waals surface area contributed by atoms with E-state index in [2.05, 4.69) is 53.4 Å². The van der Waals surface area contributed by atoms with Crippen molar-refractivity contribution in [2.75, 3.05) is 19.6 Å². The number of nitrogens with zero attached hydrogens (tertiary/aromatic N) is 2. The Hall–Kier alpha value is -3.41. The van der Waals surface area contributed by atoms with Gasteiger partial charge in [-0.2, -0.15) is 0 Å². The van der Waals surface area contributed by atoms with Gasteiger partial charge in [-0.1, -0.05) is 78.9 Å². The molecule has 0 bridgehead atoms. The van der Waals surface area contributed by atoms with Crippen LogP contribution in [0.15, 0.2) is 96.4 Å². The number of piperazine rings is 1. The second kappa shape index (κ2) is 10.2. The molecule has 1 unspecified atom stereocenters. The van der Waals surface area contributed by atoms with Crippen LogP contribution in [0, 0.1) is 0 Å². The minimum absolute atomic E-state index is 0.0496. The molecular formula is C29H28N2O2S. The normalized spacial score (nSPS) is 16.5. The number of benzene rings is 3. The molecule has 4 aromatic rings. The number of rotatable bonds is 6. The fraction of sp³-hybridized carbons (Fsp3) is 0.207. The highest BCUT2D eigenvalue weighted by Gasteiger charge is 2.33. The van der Waals surface area contributed by atoms with Crippen LogP contribution in [0.2, 0.25) is 0 Å². The van der Waals surface area contributed by atoms with Gasteiger partial charge in [0.25, 0.3) is 5.91 Å². The maximum atomic E-state index is 13.9. The van der Waals surface area contributed by atoms with Crippen LogP contribution in [-0.4, -0.2) is 46.5 Å². The lowest BCUT2D eigenvalue weighted by Crippen LogP contribution is -2.55. The van der Waals surface area contributed by atoms with Crippen molar-refractivity contribution in [1.82, 2.24) is 9.80 Å². The molecule has 34 heavy (non-hydrogen) atoms. The zero-order valence-corrected chi connectivity index (χ0v) is 19.8. The lowest BCUT2D eigenvalue weighted by atomic mass is 10.00. The largest absolute Gasteiger partial charge is 0.507 e. The first-order valence-electron chi connectivity index (χ1n) is 11.7. The lowest BCUT2D eigenvalue weighted by molar-refractivity contribution is 0.0444. The van der Waals surface area contributed by atoms with Crippen LogP contribution in [0.4, 0.5) is 0 Å². The third-order valence-corrected chi connectivity index (χ3v) is 7.35. The monoisotopic (exact) mass is 468 g/mol. The topological polar surface area (TPSA) is 43.8 Å². The Bertz CT molecular complexity index is 1240. The van der Waals surface area contributed by atoms with Gasteiger partial charge in [0.1, 0.15) is 5.75 Å². The van der Waals surface area contributed by atoms with Crippen LogP contribution in [0.3, 0.4) is 0 Å². The molecule has 1 aliphatic heterocycles. The van der Waals surface area contributed by atoms with Crippen molar-refractivity contribution in [3.63, 3.8) is 0 Å². The van der Waals surface area contributed by atoms with E-state index < -0.39 is 0 Å². The first kappa shape index (κ1) is 22.4. The molecule has 5 heteroatoms. The summed E-state index contributed by atoms with van der Waals surface area (Å²) in [6, 6.07) is 30.2. The summed E-state index contributed by atoms with van der Waals surface area (Å²) in [4.78, 5) is 19.1. The molecule has 2 heterocycles. The number of thiophene rings is 1. The molecule has 4 nitrogen and oxygen atoms in total. The number of amides is 1. The van der Waals surface area contributed by atoms with Gasteiger partial charge in [-0.25, -0.2) is 0 Å². The molecule has 1 aliphatic rings. The maximum Gasteiger partial charge on any atom is 0.264 e. The zero-order chi connectivity index (χ0) is 23.3. The summed E-state index contributed by atoms with van der Waals surface area (Å²) in [7, 11) is 0. The lowest BCUT2D eigenvalue weighted by Gasteiger charge is -2.41. The van der Waals surface area contributed by atoms with Crippen LogP contribution in [-0.2, 0) is 13.0 Å². The number of para-hydroxylation sites is 1. The van der Waals surface area contributed by atoms with Crippen molar-refractivity contribution >= 4 is 17.2 Å². The van der Waals surface area contributed by atoms with Gasteiger partial charge >= 0.3 is 0 Å². The van der Waals surface area contributed by atoms with E-state index in [0.29, 0.717) is 17.0 Å². The van der Waals surface area contributed by atoms with E-state index in [1.54, 1.807) is 12.1 Å². The number of carbonyl (C=O) groups is 1. The Morgan fingerprint density at radius 2 is 1.50 bits per heavy atom. The number of phenolic OH excluding ortho intramolecular Hbond substituents is 1. The van der Waals surface area contributed by atoms with Crippen molar-refractivity contribution in [2.45, 2.75) is 19.0 Å². The summed E-state index contributed by atoms with van der Waals surface area (Å²) in [6.45, 7) is 3.23. The molecular weight excluding hydrogens is 440 g/mol. The van der Waals surface area contributed by atoms with Crippen molar-refractivity contribution in [3.8, 4) is 16.9 Å². The minimum Gasteiger partial charge on any atom is -0.507 e. The van der Waals surface area contributed by atoms with Crippen molar-refractivity contribution < 1.29 is 9.90 Å². The van der Waals surface area contributed by atoms with Crippen LogP contribution in [0.1, 0.15) is 20.8 Å². The number of hydrogen-bond acceptors (Lipinski definition) is 4. The summed E-state index contributed by atoms with van der Waals surface area (Å²) >= 11 is 1.45. The van der Waals surface area contributed by atoms with Crippen molar-refractivity contribution in [3.05, 3.63) is 112 Å². The Kier molecular flexibility index (Phi) is 6.74. The van der Waals surface area contributed by atoms with Gasteiger partial charge in [0.15, 0.2) is 0 Å². The first-order valence-corrected chi connectivity index (χ1v) is 12.5. The number of hydrogen-bond donors (Lipinski definition) is 1. The number of aromatic hydroxyl groups is 1. The Balaban J connectivity index is 1.41. The van der Waals surface area contributed by atoms with Gasteiger partial charge in [-0.3, -0.25) is 9.69 Å². The van der Waals surface area contributed by atoms with Crippen LogP contribution in [0.5, 0.6) is 5.75 Å². The molecule has 1 N–H and O–H groups in total. The Morgan fingerprint density at radius 3 is 2.24 bits per heavy atom. The van der Waals surface area contributed by atoms with E-state index in [0.717, 1.165) is 31.6 Å². The molecule has 5 rings (SSSR count). The predicted octanol–water partition coefficient (Wildman–Crippen LogP) is 5.69. The second-order valence-corrected chi connectivity index (χ2v) is 9.66. The molecule has 1 amide bonds. The number of carbonyl (C=O) groups excluding carboxylic acids is 1.